The molecule has 2 rings (SSSR count). The van der Waals surface area contributed by atoms with Crippen LogP contribution in [0.3, 0.4) is 0 Å². The second-order valence-corrected chi connectivity index (χ2v) is 5.93. The lowest BCUT2D eigenvalue weighted by Crippen LogP contribution is -2.39. The molecule has 8 heteroatoms. The van der Waals surface area contributed by atoms with E-state index in [9.17, 15) is 19.2 Å². The highest BCUT2D eigenvalue weighted by molar-refractivity contribution is 5.83. The molecule has 0 unspecified atom stereocenters. The predicted octanol–water partition coefficient (Wildman–Crippen LogP) is 0.388. The Bertz CT molecular complexity index is 872. The number of esters is 1. The van der Waals surface area contributed by atoms with Crippen LogP contribution in [0, 0.1) is 0 Å². The number of aromatic amines is 1. The van der Waals surface area contributed by atoms with Gasteiger partial charge in [0, 0.05) is 18.8 Å². The summed E-state index contributed by atoms with van der Waals surface area (Å²) in [5, 5.41) is 2.74. The predicted molar refractivity (Wildman–Crippen MR) is 94.7 cm³/mol. The van der Waals surface area contributed by atoms with E-state index in [0.29, 0.717) is 6.54 Å². The molecule has 1 amide bonds. The SMILES string of the molecule is C[C@@H](OC(=O)Cn1ccc(=O)[nH]c1=O)C(=O)NC[C@H](C)c1ccccc1. The molecule has 2 atom stereocenters. The molecule has 0 aliphatic rings. The number of ether oxygens (including phenoxy) is 1. The first-order valence-electron chi connectivity index (χ1n) is 8.18. The third-order valence-corrected chi connectivity index (χ3v) is 3.82. The average Bonchev–Trinajstić information content (AvgIpc) is 2.62. The van der Waals surface area contributed by atoms with Crippen LogP contribution in [-0.2, 0) is 20.9 Å². The van der Waals surface area contributed by atoms with E-state index in [1.165, 1.54) is 13.1 Å². The lowest BCUT2D eigenvalue weighted by Gasteiger charge is -2.17. The molecular formula is C18H21N3O5. The zero-order valence-electron chi connectivity index (χ0n) is 14.6. The van der Waals surface area contributed by atoms with E-state index in [0.717, 1.165) is 16.2 Å². The lowest BCUT2D eigenvalue weighted by atomic mass is 10.0. The van der Waals surface area contributed by atoms with Gasteiger partial charge in [0.25, 0.3) is 11.5 Å². The molecule has 1 aromatic heterocycles. The van der Waals surface area contributed by atoms with Crippen molar-refractivity contribution in [3.63, 3.8) is 0 Å². The monoisotopic (exact) mass is 359 g/mol. The summed E-state index contributed by atoms with van der Waals surface area (Å²) in [7, 11) is 0. The van der Waals surface area contributed by atoms with Crippen molar-refractivity contribution in [2.45, 2.75) is 32.4 Å². The van der Waals surface area contributed by atoms with Gasteiger partial charge in [-0.1, -0.05) is 37.3 Å². The average molecular weight is 359 g/mol. The molecular weight excluding hydrogens is 338 g/mol. The van der Waals surface area contributed by atoms with Crippen molar-refractivity contribution in [2.24, 2.45) is 0 Å². The standard InChI is InChI=1S/C18H21N3O5/c1-12(14-6-4-3-5-7-14)10-19-17(24)13(2)26-16(23)11-21-9-8-15(22)20-18(21)25/h3-9,12-13H,10-11H2,1-2H3,(H,19,24)(H,20,22,25)/t12-,13+/m0/s1. The highest BCUT2D eigenvalue weighted by Gasteiger charge is 2.19. The number of H-pyrrole nitrogens is 1. The normalized spacial score (nSPS) is 12.8. The van der Waals surface area contributed by atoms with Gasteiger partial charge in [-0.05, 0) is 18.4 Å². The topological polar surface area (TPSA) is 110 Å². The quantitative estimate of drug-likeness (QED) is 0.695. The number of aromatic nitrogens is 2. The lowest BCUT2D eigenvalue weighted by molar-refractivity contribution is -0.155. The summed E-state index contributed by atoms with van der Waals surface area (Å²) >= 11 is 0. The van der Waals surface area contributed by atoms with E-state index in [1.807, 2.05) is 42.2 Å². The Kier molecular flexibility index (Phi) is 6.48. The zero-order chi connectivity index (χ0) is 19.1. The van der Waals surface area contributed by atoms with Crippen LogP contribution in [0.4, 0.5) is 0 Å². The molecule has 2 aromatic rings. The summed E-state index contributed by atoms with van der Waals surface area (Å²) in [6.45, 7) is 3.45. The maximum atomic E-state index is 12.1. The minimum absolute atomic E-state index is 0.114. The van der Waals surface area contributed by atoms with Crippen LogP contribution in [-0.4, -0.2) is 34.1 Å². The van der Waals surface area contributed by atoms with Crippen molar-refractivity contribution < 1.29 is 14.3 Å². The van der Waals surface area contributed by atoms with Crippen LogP contribution in [0.1, 0.15) is 25.3 Å². The van der Waals surface area contributed by atoms with Crippen molar-refractivity contribution in [3.8, 4) is 0 Å². The van der Waals surface area contributed by atoms with Gasteiger partial charge in [-0.3, -0.25) is 23.9 Å². The molecule has 0 aliphatic heterocycles. The first kappa shape index (κ1) is 19.2. The molecule has 0 spiro atoms. The van der Waals surface area contributed by atoms with E-state index < -0.39 is 35.8 Å². The highest BCUT2D eigenvalue weighted by Crippen LogP contribution is 2.13. The molecule has 1 heterocycles. The summed E-state index contributed by atoms with van der Waals surface area (Å²) in [5.74, 6) is -1.06. The number of rotatable bonds is 7. The number of carbonyl (C=O) groups is 2. The largest absolute Gasteiger partial charge is 0.451 e. The zero-order valence-corrected chi connectivity index (χ0v) is 14.6. The van der Waals surface area contributed by atoms with Crippen molar-refractivity contribution in [3.05, 3.63) is 69.0 Å². The third kappa shape index (κ3) is 5.44. The second kappa shape index (κ2) is 8.80. The van der Waals surface area contributed by atoms with E-state index in [1.54, 1.807) is 0 Å². The first-order chi connectivity index (χ1) is 12.4. The molecule has 8 nitrogen and oxygen atoms in total. The van der Waals surface area contributed by atoms with Crippen LogP contribution in [0.25, 0.3) is 0 Å². The van der Waals surface area contributed by atoms with Crippen LogP contribution in [0.2, 0.25) is 0 Å². The third-order valence-electron chi connectivity index (χ3n) is 3.82. The van der Waals surface area contributed by atoms with E-state index in [-0.39, 0.29) is 5.92 Å². The molecule has 0 radical (unpaired) electrons. The Morgan fingerprint density at radius 3 is 2.50 bits per heavy atom. The minimum atomic E-state index is -0.996. The van der Waals surface area contributed by atoms with Gasteiger partial charge in [-0.2, -0.15) is 0 Å². The number of nitrogens with one attached hydrogen (secondary N) is 2. The minimum Gasteiger partial charge on any atom is -0.451 e. The summed E-state index contributed by atoms with van der Waals surface area (Å²) in [6.07, 6.45) is 0.193. The van der Waals surface area contributed by atoms with Crippen LogP contribution >= 0.6 is 0 Å². The number of hydrogen-bond acceptors (Lipinski definition) is 5. The summed E-state index contributed by atoms with van der Waals surface area (Å²) in [5.41, 5.74) is -0.182. The molecule has 2 N–H and O–H groups in total. The summed E-state index contributed by atoms with van der Waals surface area (Å²) < 4.78 is 6.03. The number of benzene rings is 1. The second-order valence-electron chi connectivity index (χ2n) is 5.93. The smallest absolute Gasteiger partial charge is 0.328 e. The number of nitrogens with zero attached hydrogens (tertiary/aromatic N) is 1. The van der Waals surface area contributed by atoms with Gasteiger partial charge in [-0.25, -0.2) is 4.79 Å². The molecule has 26 heavy (non-hydrogen) atoms. The molecule has 0 bridgehead atoms. The van der Waals surface area contributed by atoms with Crippen molar-refractivity contribution >= 4 is 11.9 Å². The molecule has 0 aliphatic carbocycles. The maximum Gasteiger partial charge on any atom is 0.328 e. The fraction of sp³-hybridized carbons (Fsp3) is 0.333. The Morgan fingerprint density at radius 2 is 1.85 bits per heavy atom. The van der Waals surface area contributed by atoms with E-state index >= 15 is 0 Å². The summed E-state index contributed by atoms with van der Waals surface area (Å²) in [6, 6.07) is 10.8. The fourth-order valence-electron chi connectivity index (χ4n) is 2.29. The number of hydrogen-bond donors (Lipinski definition) is 2. The highest BCUT2D eigenvalue weighted by atomic mass is 16.5. The molecule has 1 aromatic carbocycles. The molecule has 138 valence electrons. The van der Waals surface area contributed by atoms with Crippen LogP contribution < -0.4 is 16.6 Å². The van der Waals surface area contributed by atoms with Gasteiger partial charge >= 0.3 is 11.7 Å². The summed E-state index contributed by atoms with van der Waals surface area (Å²) in [4.78, 5) is 48.5. The van der Waals surface area contributed by atoms with Gasteiger partial charge < -0.3 is 10.1 Å². The van der Waals surface area contributed by atoms with Gasteiger partial charge in [0.05, 0.1) is 0 Å². The molecule has 0 saturated carbocycles. The Labute approximate surface area is 149 Å². The van der Waals surface area contributed by atoms with Crippen molar-refractivity contribution in [1.82, 2.24) is 14.9 Å². The Hall–Kier alpha value is -3.16. The number of carbonyl (C=O) groups excluding carboxylic acids is 2. The van der Waals surface area contributed by atoms with Crippen LogP contribution in [0.5, 0.6) is 0 Å². The first-order valence-corrected chi connectivity index (χ1v) is 8.18. The van der Waals surface area contributed by atoms with Gasteiger partial charge in [-0.15, -0.1) is 0 Å². The van der Waals surface area contributed by atoms with Crippen molar-refractivity contribution in [1.29, 1.82) is 0 Å². The Morgan fingerprint density at radius 1 is 1.15 bits per heavy atom. The van der Waals surface area contributed by atoms with Gasteiger partial charge in [0.15, 0.2) is 6.10 Å². The fourth-order valence-corrected chi connectivity index (χ4v) is 2.29. The molecule has 0 fully saturated rings. The van der Waals surface area contributed by atoms with Gasteiger partial charge in [0.2, 0.25) is 0 Å². The van der Waals surface area contributed by atoms with Gasteiger partial charge in [0.1, 0.15) is 6.54 Å². The maximum absolute atomic E-state index is 12.1. The number of amides is 1. The van der Waals surface area contributed by atoms with E-state index in [4.69, 9.17) is 4.74 Å². The van der Waals surface area contributed by atoms with E-state index in [2.05, 4.69) is 5.32 Å². The molecule has 0 saturated heterocycles. The van der Waals surface area contributed by atoms with Crippen LogP contribution in [0.15, 0.2) is 52.2 Å². The van der Waals surface area contributed by atoms with Crippen molar-refractivity contribution in [2.75, 3.05) is 6.54 Å². The Balaban J connectivity index is 1.83.